The van der Waals surface area contributed by atoms with Crippen molar-refractivity contribution in [3.05, 3.63) is 53.6 Å². The maximum Gasteiger partial charge on any atom is -0.0184 e. The molecule has 1 aromatic rings. The van der Waals surface area contributed by atoms with Gasteiger partial charge in [0.25, 0.3) is 0 Å². The van der Waals surface area contributed by atoms with E-state index in [-0.39, 0.29) is 0 Å². The zero-order valence-electron chi connectivity index (χ0n) is 8.88. The van der Waals surface area contributed by atoms with Crippen molar-refractivity contribution in [1.29, 1.82) is 0 Å². The Balaban J connectivity index is 3.36. The van der Waals surface area contributed by atoms with Gasteiger partial charge in [-0.3, -0.25) is 0 Å². The zero-order chi connectivity index (χ0) is 10.6. The molecule has 1 aromatic carbocycles. The van der Waals surface area contributed by atoms with Crippen molar-refractivity contribution in [2.24, 2.45) is 0 Å². The van der Waals surface area contributed by atoms with Crippen LogP contribution in [0.3, 0.4) is 0 Å². The van der Waals surface area contributed by atoms with Crippen LogP contribution in [0.2, 0.25) is 0 Å². The lowest BCUT2D eigenvalue weighted by Crippen LogP contribution is -1.87. The maximum absolute atomic E-state index is 3.80. The molecule has 0 aliphatic rings. The van der Waals surface area contributed by atoms with Gasteiger partial charge < -0.3 is 0 Å². The van der Waals surface area contributed by atoms with Crippen LogP contribution >= 0.6 is 0 Å². The van der Waals surface area contributed by atoms with Crippen LogP contribution in [-0.2, 0) is 0 Å². The highest BCUT2D eigenvalue weighted by atomic mass is 14.0. The first-order valence-electron chi connectivity index (χ1n) is 4.75. The Hall–Kier alpha value is -1.56. The lowest BCUT2D eigenvalue weighted by Gasteiger charge is -2.06. The SMILES string of the molecule is C=Cc1cc(C)c(/C=C\C)cc1C=C. The van der Waals surface area contributed by atoms with Gasteiger partial charge in [-0.2, -0.15) is 0 Å². The Kier molecular flexibility index (Phi) is 3.47. The van der Waals surface area contributed by atoms with Gasteiger partial charge >= 0.3 is 0 Å². The van der Waals surface area contributed by atoms with Gasteiger partial charge in [-0.05, 0) is 42.2 Å². The molecule has 0 spiro atoms. The molecule has 0 radical (unpaired) electrons. The summed E-state index contributed by atoms with van der Waals surface area (Å²) in [5.74, 6) is 0. The molecule has 0 heterocycles. The molecule has 0 fully saturated rings. The van der Waals surface area contributed by atoms with Crippen LogP contribution in [0.4, 0.5) is 0 Å². The molecular weight excluding hydrogens is 168 g/mol. The molecule has 1 rings (SSSR count). The first-order chi connectivity index (χ1) is 6.72. The minimum absolute atomic E-state index is 1.14. The molecule has 0 bridgehead atoms. The van der Waals surface area contributed by atoms with Crippen LogP contribution in [-0.4, -0.2) is 0 Å². The van der Waals surface area contributed by atoms with E-state index < -0.39 is 0 Å². The number of rotatable bonds is 3. The molecule has 0 atom stereocenters. The average Bonchev–Trinajstić information content (AvgIpc) is 2.20. The van der Waals surface area contributed by atoms with E-state index in [1.54, 1.807) is 0 Å². The third-order valence-corrected chi connectivity index (χ3v) is 2.26. The van der Waals surface area contributed by atoms with E-state index >= 15 is 0 Å². The minimum Gasteiger partial charge on any atom is -0.0984 e. The number of benzene rings is 1. The molecule has 0 saturated heterocycles. The molecule has 0 nitrogen and oxygen atoms in total. The zero-order valence-corrected chi connectivity index (χ0v) is 8.88. The van der Waals surface area contributed by atoms with Crippen LogP contribution in [0, 0.1) is 6.92 Å². The van der Waals surface area contributed by atoms with Gasteiger partial charge in [0, 0.05) is 0 Å². The van der Waals surface area contributed by atoms with Crippen LogP contribution in [0.5, 0.6) is 0 Å². The first kappa shape index (κ1) is 10.5. The van der Waals surface area contributed by atoms with Crippen LogP contribution in [0.25, 0.3) is 18.2 Å². The lowest BCUT2D eigenvalue weighted by molar-refractivity contribution is 1.42. The normalized spacial score (nSPS) is 10.4. The largest absolute Gasteiger partial charge is 0.0984 e. The molecule has 14 heavy (non-hydrogen) atoms. The Morgan fingerprint density at radius 3 is 2.07 bits per heavy atom. The fraction of sp³-hybridized carbons (Fsp3) is 0.143. The van der Waals surface area contributed by atoms with Gasteiger partial charge in [0.2, 0.25) is 0 Å². The van der Waals surface area contributed by atoms with Gasteiger partial charge in [0.05, 0.1) is 0 Å². The molecule has 72 valence electrons. The number of aryl methyl sites for hydroxylation is 1. The van der Waals surface area contributed by atoms with E-state index in [0.717, 1.165) is 11.1 Å². The summed E-state index contributed by atoms with van der Waals surface area (Å²) < 4.78 is 0. The van der Waals surface area contributed by atoms with Gasteiger partial charge in [-0.25, -0.2) is 0 Å². The average molecular weight is 184 g/mol. The van der Waals surface area contributed by atoms with Crippen molar-refractivity contribution in [2.45, 2.75) is 13.8 Å². The summed E-state index contributed by atoms with van der Waals surface area (Å²) in [5, 5.41) is 0. The highest BCUT2D eigenvalue weighted by Gasteiger charge is 2.00. The van der Waals surface area contributed by atoms with Crippen molar-refractivity contribution in [2.75, 3.05) is 0 Å². The quantitative estimate of drug-likeness (QED) is 0.656. The number of hydrogen-bond acceptors (Lipinski definition) is 0. The molecule has 0 aliphatic carbocycles. The summed E-state index contributed by atoms with van der Waals surface area (Å²) >= 11 is 0. The second-order valence-corrected chi connectivity index (χ2v) is 3.25. The monoisotopic (exact) mass is 184 g/mol. The van der Waals surface area contributed by atoms with Crippen molar-refractivity contribution in [1.82, 2.24) is 0 Å². The standard InChI is InChI=1S/C14H16/c1-5-8-14-10-13(7-3)12(6-2)9-11(14)4/h5-10H,2-3H2,1,4H3/b8-5-. The molecule has 0 aromatic heterocycles. The van der Waals surface area contributed by atoms with E-state index in [2.05, 4.69) is 38.3 Å². The third kappa shape index (κ3) is 2.02. The van der Waals surface area contributed by atoms with Crippen molar-refractivity contribution >= 4 is 18.2 Å². The fourth-order valence-corrected chi connectivity index (χ4v) is 1.48. The minimum atomic E-state index is 1.14. The topological polar surface area (TPSA) is 0 Å². The maximum atomic E-state index is 3.80. The van der Waals surface area contributed by atoms with Crippen molar-refractivity contribution < 1.29 is 0 Å². The van der Waals surface area contributed by atoms with Gasteiger partial charge in [0.15, 0.2) is 0 Å². The molecule has 0 amide bonds. The van der Waals surface area contributed by atoms with Crippen LogP contribution < -0.4 is 0 Å². The third-order valence-electron chi connectivity index (χ3n) is 2.26. The molecule has 0 unspecified atom stereocenters. The van der Waals surface area contributed by atoms with E-state index in [4.69, 9.17) is 0 Å². The summed E-state index contributed by atoms with van der Waals surface area (Å²) in [5.41, 5.74) is 4.79. The summed E-state index contributed by atoms with van der Waals surface area (Å²) in [4.78, 5) is 0. The Morgan fingerprint density at radius 2 is 1.57 bits per heavy atom. The highest BCUT2D eigenvalue weighted by Crippen LogP contribution is 2.19. The lowest BCUT2D eigenvalue weighted by atomic mass is 9.99. The number of hydrogen-bond donors (Lipinski definition) is 0. The van der Waals surface area contributed by atoms with Gasteiger partial charge in [-0.1, -0.05) is 43.5 Å². The second kappa shape index (κ2) is 4.61. The second-order valence-electron chi connectivity index (χ2n) is 3.25. The molecule has 0 N–H and O–H groups in total. The summed E-state index contributed by atoms with van der Waals surface area (Å²) in [7, 11) is 0. The molecule has 0 heteroatoms. The van der Waals surface area contributed by atoms with Crippen LogP contribution in [0.1, 0.15) is 29.2 Å². The highest BCUT2D eigenvalue weighted by molar-refractivity contribution is 5.69. The van der Waals surface area contributed by atoms with Crippen molar-refractivity contribution in [3.63, 3.8) is 0 Å². The molecule has 0 saturated carbocycles. The first-order valence-corrected chi connectivity index (χ1v) is 4.75. The van der Waals surface area contributed by atoms with E-state index in [9.17, 15) is 0 Å². The Labute approximate surface area is 86.3 Å². The van der Waals surface area contributed by atoms with Crippen LogP contribution in [0.15, 0.2) is 31.4 Å². The summed E-state index contributed by atoms with van der Waals surface area (Å²) in [6.45, 7) is 11.7. The fourth-order valence-electron chi connectivity index (χ4n) is 1.48. The van der Waals surface area contributed by atoms with Crippen molar-refractivity contribution in [3.8, 4) is 0 Å². The Bertz CT molecular complexity index is 381. The van der Waals surface area contributed by atoms with E-state index in [0.29, 0.717) is 0 Å². The summed E-state index contributed by atoms with van der Waals surface area (Å²) in [6, 6.07) is 4.28. The van der Waals surface area contributed by atoms with E-state index in [1.807, 2.05) is 25.2 Å². The summed E-state index contributed by atoms with van der Waals surface area (Å²) in [6.07, 6.45) is 7.88. The predicted molar refractivity (Wildman–Crippen MR) is 66.1 cm³/mol. The molecular formula is C14H16. The Morgan fingerprint density at radius 1 is 1.00 bits per heavy atom. The smallest absolute Gasteiger partial charge is 0.0184 e. The predicted octanol–water partition coefficient (Wildman–Crippen LogP) is 4.31. The number of allylic oxidation sites excluding steroid dienone is 1. The molecule has 0 aliphatic heterocycles. The van der Waals surface area contributed by atoms with Gasteiger partial charge in [-0.15, -0.1) is 0 Å². The van der Waals surface area contributed by atoms with E-state index in [1.165, 1.54) is 11.1 Å². The van der Waals surface area contributed by atoms with Gasteiger partial charge in [0.1, 0.15) is 0 Å².